The highest BCUT2D eigenvalue weighted by Crippen LogP contribution is 2.54. The Hall–Kier alpha value is -2.77. The molecule has 0 bridgehead atoms. The van der Waals surface area contributed by atoms with Gasteiger partial charge in [0.15, 0.2) is 0 Å². The normalized spacial score (nSPS) is 23.1. The molecule has 2 N–H and O–H groups in total. The molecule has 0 saturated heterocycles. The van der Waals surface area contributed by atoms with Crippen molar-refractivity contribution in [2.75, 3.05) is 5.32 Å². The molecule has 148 valence electrons. The van der Waals surface area contributed by atoms with Crippen molar-refractivity contribution < 1.29 is 32.2 Å². The van der Waals surface area contributed by atoms with Crippen LogP contribution in [0.1, 0.15) is 52.7 Å². The molecule has 4 nitrogen and oxygen atoms in total. The number of fused-ring (bicyclic) bond motifs is 3. The summed E-state index contributed by atoms with van der Waals surface area (Å²) in [6, 6.07) is 5.46. The molecule has 8 heteroatoms. The van der Waals surface area contributed by atoms with E-state index in [0.717, 1.165) is 30.5 Å². The molecule has 0 amide bonds. The zero-order valence-electron chi connectivity index (χ0n) is 14.6. The first-order valence-electron chi connectivity index (χ1n) is 8.92. The van der Waals surface area contributed by atoms with E-state index < -0.39 is 35.8 Å². The minimum Gasteiger partial charge on any atom is -0.478 e. The molecule has 1 fully saturated rings. The molecule has 4 rings (SSSR count). The summed E-state index contributed by atoms with van der Waals surface area (Å²) in [5, 5.41) is 12.1. The standard InChI is InChI=1S/C20H17F4NO3/c21-14-6-9(19(26)27)7-15(22)17(14)18-12-3-1-2-11(12)13-8-10(28-20(23)24)4-5-16(13)25-18/h4-8,11-12,18,20,25H,1-3H2,(H,26,27)/t11-,12+,18-/m1/s1. The summed E-state index contributed by atoms with van der Waals surface area (Å²) < 4.78 is 58.8. The van der Waals surface area contributed by atoms with Gasteiger partial charge in [-0.2, -0.15) is 8.78 Å². The quantitative estimate of drug-likeness (QED) is 0.689. The lowest BCUT2D eigenvalue weighted by molar-refractivity contribution is -0.0499. The zero-order chi connectivity index (χ0) is 20.0. The Labute approximate surface area is 158 Å². The van der Waals surface area contributed by atoms with Gasteiger partial charge in [0.2, 0.25) is 0 Å². The summed E-state index contributed by atoms with van der Waals surface area (Å²) in [5.74, 6) is -3.39. The van der Waals surface area contributed by atoms with Crippen LogP contribution in [0.5, 0.6) is 5.75 Å². The summed E-state index contributed by atoms with van der Waals surface area (Å²) in [6.07, 6.45) is 2.31. The minimum atomic E-state index is -2.93. The fourth-order valence-corrected chi connectivity index (χ4v) is 4.49. The number of benzene rings is 2. The van der Waals surface area contributed by atoms with Crippen LogP contribution >= 0.6 is 0 Å². The molecule has 28 heavy (non-hydrogen) atoms. The van der Waals surface area contributed by atoms with E-state index >= 15 is 0 Å². The van der Waals surface area contributed by atoms with Crippen LogP contribution < -0.4 is 10.1 Å². The summed E-state index contributed by atoms with van der Waals surface area (Å²) >= 11 is 0. The molecule has 0 radical (unpaired) electrons. The Morgan fingerprint density at radius 1 is 1.14 bits per heavy atom. The first kappa shape index (κ1) is 18.6. The van der Waals surface area contributed by atoms with E-state index in [2.05, 4.69) is 10.1 Å². The summed E-state index contributed by atoms with van der Waals surface area (Å²) in [7, 11) is 0. The van der Waals surface area contributed by atoms with E-state index in [1.807, 2.05) is 0 Å². The molecule has 0 unspecified atom stereocenters. The minimum absolute atomic E-state index is 0.0443. The average molecular weight is 395 g/mol. The van der Waals surface area contributed by atoms with Crippen molar-refractivity contribution in [1.29, 1.82) is 0 Å². The molecule has 0 spiro atoms. The number of carbonyl (C=O) groups is 1. The smallest absolute Gasteiger partial charge is 0.387 e. The predicted octanol–water partition coefficient (Wildman–Crippen LogP) is 5.31. The number of ether oxygens (including phenoxy) is 1. The van der Waals surface area contributed by atoms with Gasteiger partial charge in [0, 0.05) is 11.3 Å². The predicted molar refractivity (Wildman–Crippen MR) is 92.8 cm³/mol. The molecular weight excluding hydrogens is 378 g/mol. The first-order chi connectivity index (χ1) is 13.3. The van der Waals surface area contributed by atoms with E-state index in [4.69, 9.17) is 5.11 Å². The second kappa shape index (κ2) is 7.00. The molecule has 1 heterocycles. The summed E-state index contributed by atoms with van der Waals surface area (Å²) in [4.78, 5) is 11.0. The van der Waals surface area contributed by atoms with Crippen LogP contribution in [-0.2, 0) is 0 Å². The molecule has 2 aromatic carbocycles. The van der Waals surface area contributed by atoms with E-state index in [9.17, 15) is 22.4 Å². The lowest BCUT2D eigenvalue weighted by Crippen LogP contribution is -2.30. The second-order valence-corrected chi connectivity index (χ2v) is 7.11. The summed E-state index contributed by atoms with van der Waals surface area (Å²) in [6.45, 7) is -2.93. The molecule has 1 saturated carbocycles. The van der Waals surface area contributed by atoms with Crippen molar-refractivity contribution in [3.63, 3.8) is 0 Å². The lowest BCUT2D eigenvalue weighted by atomic mass is 9.77. The molecule has 2 aromatic rings. The fraction of sp³-hybridized carbons (Fsp3) is 0.350. The Balaban J connectivity index is 1.75. The Kier molecular flexibility index (Phi) is 4.64. The van der Waals surface area contributed by atoms with Gasteiger partial charge < -0.3 is 15.2 Å². The van der Waals surface area contributed by atoms with Crippen LogP contribution in [0.2, 0.25) is 0 Å². The highest BCUT2D eigenvalue weighted by atomic mass is 19.3. The molecule has 1 aliphatic carbocycles. The maximum Gasteiger partial charge on any atom is 0.387 e. The van der Waals surface area contributed by atoms with Crippen LogP contribution in [0, 0.1) is 17.6 Å². The Morgan fingerprint density at radius 3 is 2.50 bits per heavy atom. The third kappa shape index (κ3) is 3.16. The average Bonchev–Trinajstić information content (AvgIpc) is 3.11. The van der Waals surface area contributed by atoms with Crippen molar-refractivity contribution in [1.82, 2.24) is 0 Å². The number of alkyl halides is 2. The van der Waals surface area contributed by atoms with Gasteiger partial charge in [-0.3, -0.25) is 0 Å². The number of halogens is 4. The Bertz CT molecular complexity index is 911. The van der Waals surface area contributed by atoms with Crippen molar-refractivity contribution in [3.05, 3.63) is 58.7 Å². The SMILES string of the molecule is O=C(O)c1cc(F)c([C@@H]2Nc3ccc(OC(F)F)cc3[C@@H]3CCC[C@@H]32)c(F)c1. The van der Waals surface area contributed by atoms with Crippen LogP contribution in [0.25, 0.3) is 0 Å². The number of carboxylic acid groups (broad SMARTS) is 1. The number of carboxylic acids is 1. The lowest BCUT2D eigenvalue weighted by Gasteiger charge is -2.38. The number of anilines is 1. The second-order valence-electron chi connectivity index (χ2n) is 7.11. The highest BCUT2D eigenvalue weighted by Gasteiger charge is 2.42. The van der Waals surface area contributed by atoms with E-state index in [0.29, 0.717) is 12.1 Å². The van der Waals surface area contributed by atoms with Crippen molar-refractivity contribution >= 4 is 11.7 Å². The Morgan fingerprint density at radius 2 is 1.86 bits per heavy atom. The van der Waals surface area contributed by atoms with Crippen LogP contribution in [0.15, 0.2) is 30.3 Å². The molecule has 0 aromatic heterocycles. The van der Waals surface area contributed by atoms with Gasteiger partial charge in [-0.1, -0.05) is 6.42 Å². The number of aromatic carboxylic acids is 1. The number of hydrogen-bond acceptors (Lipinski definition) is 3. The van der Waals surface area contributed by atoms with Gasteiger partial charge in [-0.15, -0.1) is 0 Å². The first-order valence-corrected chi connectivity index (χ1v) is 8.92. The molecule has 1 aliphatic heterocycles. The highest BCUT2D eigenvalue weighted by molar-refractivity contribution is 5.87. The van der Waals surface area contributed by atoms with Crippen molar-refractivity contribution in [3.8, 4) is 5.75 Å². The molecule has 3 atom stereocenters. The topological polar surface area (TPSA) is 58.6 Å². The third-order valence-electron chi connectivity index (χ3n) is 5.59. The zero-order valence-corrected chi connectivity index (χ0v) is 14.6. The number of nitrogens with one attached hydrogen (secondary N) is 1. The van der Waals surface area contributed by atoms with E-state index in [1.165, 1.54) is 6.07 Å². The summed E-state index contributed by atoms with van der Waals surface area (Å²) in [5.41, 5.74) is 0.753. The van der Waals surface area contributed by atoms with Gasteiger partial charge >= 0.3 is 12.6 Å². The van der Waals surface area contributed by atoms with E-state index in [1.54, 1.807) is 12.1 Å². The molecule has 2 aliphatic rings. The van der Waals surface area contributed by atoms with Crippen LogP contribution in [-0.4, -0.2) is 17.7 Å². The van der Waals surface area contributed by atoms with Crippen molar-refractivity contribution in [2.45, 2.75) is 37.8 Å². The van der Waals surface area contributed by atoms with E-state index in [-0.39, 0.29) is 23.1 Å². The van der Waals surface area contributed by atoms with Crippen LogP contribution in [0.3, 0.4) is 0 Å². The maximum atomic E-state index is 14.6. The van der Waals surface area contributed by atoms with Gasteiger partial charge in [-0.25, -0.2) is 13.6 Å². The number of hydrogen-bond donors (Lipinski definition) is 2. The fourth-order valence-electron chi connectivity index (χ4n) is 4.49. The molecular formula is C20H17F4NO3. The van der Waals surface area contributed by atoms with Gasteiger partial charge in [0.25, 0.3) is 0 Å². The van der Waals surface area contributed by atoms with Crippen molar-refractivity contribution in [2.24, 2.45) is 5.92 Å². The maximum absolute atomic E-state index is 14.6. The van der Waals surface area contributed by atoms with Crippen LogP contribution in [0.4, 0.5) is 23.2 Å². The van der Waals surface area contributed by atoms with Gasteiger partial charge in [-0.05, 0) is 60.6 Å². The largest absolute Gasteiger partial charge is 0.478 e. The third-order valence-corrected chi connectivity index (χ3v) is 5.59. The van der Waals surface area contributed by atoms with Gasteiger partial charge in [0.1, 0.15) is 17.4 Å². The van der Waals surface area contributed by atoms with Gasteiger partial charge in [0.05, 0.1) is 11.6 Å². The monoisotopic (exact) mass is 395 g/mol. The number of rotatable bonds is 4.